The van der Waals surface area contributed by atoms with E-state index in [1.165, 1.54) is 0 Å². The van der Waals surface area contributed by atoms with Crippen LogP contribution in [0.4, 0.5) is 17.3 Å². The van der Waals surface area contributed by atoms with E-state index in [9.17, 15) is 4.79 Å². The van der Waals surface area contributed by atoms with Gasteiger partial charge in [-0.25, -0.2) is 0 Å². The number of aryl methyl sites for hydroxylation is 1. The van der Waals surface area contributed by atoms with E-state index in [0.717, 1.165) is 5.56 Å². The molecule has 1 heterocycles. The van der Waals surface area contributed by atoms with Crippen LogP contribution < -0.4 is 20.1 Å². The van der Waals surface area contributed by atoms with Crippen molar-refractivity contribution in [3.8, 4) is 11.5 Å². The third-order valence-electron chi connectivity index (χ3n) is 3.89. The highest BCUT2D eigenvalue weighted by molar-refractivity contribution is 6.03. The highest BCUT2D eigenvalue weighted by atomic mass is 16.5. The number of nitrogens with one attached hydrogen (secondary N) is 2. The van der Waals surface area contributed by atoms with E-state index in [1.807, 2.05) is 19.1 Å². The molecule has 2 aromatic carbocycles. The molecule has 3 rings (SSSR count). The molecule has 1 amide bonds. The summed E-state index contributed by atoms with van der Waals surface area (Å²) in [4.78, 5) is 12.2. The van der Waals surface area contributed by atoms with E-state index in [2.05, 4.69) is 20.8 Å². The molecule has 0 fully saturated rings. The smallest absolute Gasteiger partial charge is 0.256 e. The molecule has 0 aliphatic carbocycles. The van der Waals surface area contributed by atoms with Gasteiger partial charge in [0.1, 0.15) is 11.5 Å². The minimum Gasteiger partial charge on any atom is -0.497 e. The van der Waals surface area contributed by atoms with E-state index in [0.29, 0.717) is 34.4 Å². The second-order valence-corrected chi connectivity index (χ2v) is 5.82. The third-order valence-corrected chi connectivity index (χ3v) is 3.89. The van der Waals surface area contributed by atoms with Gasteiger partial charge >= 0.3 is 0 Å². The maximum atomic E-state index is 12.2. The van der Waals surface area contributed by atoms with E-state index >= 15 is 0 Å². The summed E-state index contributed by atoms with van der Waals surface area (Å²) < 4.78 is 10.6. The maximum Gasteiger partial charge on any atom is 0.256 e. The lowest BCUT2D eigenvalue weighted by atomic mass is 10.1. The van der Waals surface area contributed by atoms with Gasteiger partial charge in [0.25, 0.3) is 5.91 Å². The Bertz CT molecular complexity index is 925. The van der Waals surface area contributed by atoms with Crippen LogP contribution in [0.1, 0.15) is 15.9 Å². The Morgan fingerprint density at radius 1 is 0.889 bits per heavy atom. The van der Waals surface area contributed by atoms with Crippen molar-refractivity contribution in [2.45, 2.75) is 6.92 Å². The molecule has 0 aliphatic rings. The minimum absolute atomic E-state index is 0.237. The Balaban J connectivity index is 1.70. The molecule has 0 unspecified atom stereocenters. The molecule has 138 valence electrons. The van der Waals surface area contributed by atoms with Crippen molar-refractivity contribution in [3.05, 3.63) is 65.7 Å². The van der Waals surface area contributed by atoms with E-state index in [-0.39, 0.29) is 5.91 Å². The summed E-state index contributed by atoms with van der Waals surface area (Å²) in [5.41, 5.74) is 2.35. The molecular weight excluding hydrogens is 344 g/mol. The number of anilines is 3. The number of carbonyl (C=O) groups is 1. The van der Waals surface area contributed by atoms with Crippen LogP contribution in [0.5, 0.6) is 11.5 Å². The molecule has 27 heavy (non-hydrogen) atoms. The monoisotopic (exact) mass is 364 g/mol. The average molecular weight is 364 g/mol. The van der Waals surface area contributed by atoms with Gasteiger partial charge in [0, 0.05) is 11.6 Å². The minimum atomic E-state index is -0.237. The first-order valence-corrected chi connectivity index (χ1v) is 8.30. The number of amides is 1. The van der Waals surface area contributed by atoms with Gasteiger partial charge in [-0.3, -0.25) is 4.79 Å². The van der Waals surface area contributed by atoms with Crippen molar-refractivity contribution in [2.24, 2.45) is 0 Å². The number of nitrogens with zero attached hydrogens (tertiary/aromatic N) is 2. The van der Waals surface area contributed by atoms with Crippen LogP contribution in [0.2, 0.25) is 0 Å². The first kappa shape index (κ1) is 18.2. The Hall–Kier alpha value is -3.61. The highest BCUT2D eigenvalue weighted by Gasteiger charge is 2.09. The van der Waals surface area contributed by atoms with Crippen molar-refractivity contribution in [3.63, 3.8) is 0 Å². The van der Waals surface area contributed by atoms with Crippen molar-refractivity contribution >= 4 is 23.2 Å². The zero-order chi connectivity index (χ0) is 19.2. The second kappa shape index (κ2) is 8.18. The van der Waals surface area contributed by atoms with Gasteiger partial charge < -0.3 is 20.1 Å². The average Bonchev–Trinajstić information content (AvgIpc) is 2.70. The Kier molecular flexibility index (Phi) is 5.51. The molecule has 0 aliphatic heterocycles. The SMILES string of the molecule is COc1ccc(OC)c(Nc2ccc(NC(=O)c3ccc(C)cc3)nn2)c1. The maximum absolute atomic E-state index is 12.2. The van der Waals surface area contributed by atoms with Crippen LogP contribution in [0.15, 0.2) is 54.6 Å². The Labute approximate surface area is 157 Å². The lowest BCUT2D eigenvalue weighted by molar-refractivity contribution is 0.102. The predicted molar refractivity (Wildman–Crippen MR) is 104 cm³/mol. The zero-order valence-corrected chi connectivity index (χ0v) is 15.3. The summed E-state index contributed by atoms with van der Waals surface area (Å²) >= 11 is 0. The second-order valence-electron chi connectivity index (χ2n) is 5.82. The van der Waals surface area contributed by atoms with Crippen molar-refractivity contribution in [2.75, 3.05) is 24.9 Å². The van der Waals surface area contributed by atoms with Crippen LogP contribution in [-0.2, 0) is 0 Å². The fourth-order valence-electron chi connectivity index (χ4n) is 2.41. The first-order chi connectivity index (χ1) is 13.1. The van der Waals surface area contributed by atoms with Crippen molar-refractivity contribution in [1.29, 1.82) is 0 Å². The molecule has 0 spiro atoms. The molecule has 0 radical (unpaired) electrons. The fourth-order valence-corrected chi connectivity index (χ4v) is 2.41. The van der Waals surface area contributed by atoms with Gasteiger partial charge in [0.05, 0.1) is 19.9 Å². The molecule has 2 N–H and O–H groups in total. The number of carbonyl (C=O) groups excluding carboxylic acids is 1. The molecule has 3 aromatic rings. The number of aromatic nitrogens is 2. The van der Waals surface area contributed by atoms with Crippen molar-refractivity contribution in [1.82, 2.24) is 10.2 Å². The largest absolute Gasteiger partial charge is 0.497 e. The number of hydrogen-bond acceptors (Lipinski definition) is 6. The van der Waals surface area contributed by atoms with E-state index in [4.69, 9.17) is 9.47 Å². The van der Waals surface area contributed by atoms with Gasteiger partial charge in [0.2, 0.25) is 0 Å². The van der Waals surface area contributed by atoms with E-state index in [1.54, 1.807) is 56.7 Å². The van der Waals surface area contributed by atoms with Crippen LogP contribution in [0.25, 0.3) is 0 Å². The summed E-state index contributed by atoms with van der Waals surface area (Å²) in [5.74, 6) is 1.97. The summed E-state index contributed by atoms with van der Waals surface area (Å²) in [6.45, 7) is 1.97. The molecule has 7 heteroatoms. The van der Waals surface area contributed by atoms with Crippen LogP contribution in [-0.4, -0.2) is 30.3 Å². The Morgan fingerprint density at radius 2 is 1.59 bits per heavy atom. The first-order valence-electron chi connectivity index (χ1n) is 8.30. The van der Waals surface area contributed by atoms with Gasteiger partial charge in [-0.1, -0.05) is 17.7 Å². The van der Waals surface area contributed by atoms with Gasteiger partial charge in [0.15, 0.2) is 11.6 Å². The van der Waals surface area contributed by atoms with Gasteiger partial charge in [-0.15, -0.1) is 10.2 Å². The van der Waals surface area contributed by atoms with Crippen LogP contribution in [0, 0.1) is 6.92 Å². The molecule has 0 saturated carbocycles. The highest BCUT2D eigenvalue weighted by Crippen LogP contribution is 2.30. The summed E-state index contributed by atoms with van der Waals surface area (Å²) in [5, 5.41) is 14.0. The van der Waals surface area contributed by atoms with Gasteiger partial charge in [-0.2, -0.15) is 0 Å². The third kappa shape index (κ3) is 4.52. The fraction of sp³-hybridized carbons (Fsp3) is 0.150. The van der Waals surface area contributed by atoms with Crippen LogP contribution >= 0.6 is 0 Å². The molecule has 7 nitrogen and oxygen atoms in total. The predicted octanol–water partition coefficient (Wildman–Crippen LogP) is 3.80. The topological polar surface area (TPSA) is 85.4 Å². The number of ether oxygens (including phenoxy) is 2. The normalized spacial score (nSPS) is 10.2. The summed E-state index contributed by atoms with van der Waals surface area (Å²) in [6.07, 6.45) is 0. The molecule has 0 atom stereocenters. The van der Waals surface area contributed by atoms with E-state index < -0.39 is 0 Å². The summed E-state index contributed by atoms with van der Waals surface area (Å²) in [7, 11) is 3.18. The number of rotatable bonds is 6. The standard InChI is InChI=1S/C20H20N4O3/c1-13-4-6-14(7-5-13)20(25)22-19-11-10-18(23-24-19)21-16-12-15(26-2)8-9-17(16)27-3/h4-12H,1-3H3,(H,21,23)(H,22,24,25). The lowest BCUT2D eigenvalue weighted by Gasteiger charge is -2.12. The zero-order valence-electron chi connectivity index (χ0n) is 15.3. The number of benzene rings is 2. The lowest BCUT2D eigenvalue weighted by Crippen LogP contribution is -2.13. The molecule has 0 bridgehead atoms. The Morgan fingerprint density at radius 3 is 2.22 bits per heavy atom. The molecule has 1 aromatic heterocycles. The molecule has 0 saturated heterocycles. The number of methoxy groups -OCH3 is 2. The van der Waals surface area contributed by atoms with Crippen LogP contribution in [0.3, 0.4) is 0 Å². The molecular formula is C20H20N4O3. The summed E-state index contributed by atoms with van der Waals surface area (Å²) in [6, 6.07) is 16.1. The van der Waals surface area contributed by atoms with Crippen molar-refractivity contribution < 1.29 is 14.3 Å². The quantitative estimate of drug-likeness (QED) is 0.692. The van der Waals surface area contributed by atoms with Gasteiger partial charge in [-0.05, 0) is 43.3 Å². The number of hydrogen-bond donors (Lipinski definition) is 2.